The zero-order chi connectivity index (χ0) is 12.7. The lowest BCUT2D eigenvalue weighted by molar-refractivity contribution is 0.640. The van der Waals surface area contributed by atoms with Gasteiger partial charge in [0.05, 0.1) is 16.9 Å². The number of nitrogens with zero attached hydrogens (tertiary/aromatic N) is 2. The van der Waals surface area contributed by atoms with Gasteiger partial charge in [0.2, 0.25) is 0 Å². The fraction of sp³-hybridized carbons (Fsp3) is 0.0714. The highest BCUT2D eigenvalue weighted by Gasteiger charge is 2.11. The standard InChI is InChI=1S/C14H12FN3/c1-18-13-4-2-3-11(15)10(13)8-14(18)12-7-9(16)5-6-17-12/h2-8H,1H3,(H2,16,17). The number of aromatic nitrogens is 2. The third-order valence-electron chi connectivity index (χ3n) is 3.08. The molecule has 3 rings (SSSR count). The zero-order valence-corrected chi connectivity index (χ0v) is 9.89. The second kappa shape index (κ2) is 3.84. The number of rotatable bonds is 1. The van der Waals surface area contributed by atoms with Crippen LogP contribution >= 0.6 is 0 Å². The molecule has 0 aliphatic rings. The van der Waals surface area contributed by atoms with E-state index in [4.69, 9.17) is 5.73 Å². The van der Waals surface area contributed by atoms with Crippen LogP contribution in [0, 0.1) is 5.82 Å². The van der Waals surface area contributed by atoms with Gasteiger partial charge in [0.25, 0.3) is 0 Å². The minimum absolute atomic E-state index is 0.224. The number of nitrogens with two attached hydrogens (primary N) is 1. The Morgan fingerprint density at radius 1 is 1.22 bits per heavy atom. The van der Waals surface area contributed by atoms with E-state index >= 15 is 0 Å². The number of pyridine rings is 1. The van der Waals surface area contributed by atoms with Crippen LogP contribution in [0.1, 0.15) is 0 Å². The van der Waals surface area contributed by atoms with E-state index in [0.29, 0.717) is 11.1 Å². The first-order valence-corrected chi connectivity index (χ1v) is 5.62. The van der Waals surface area contributed by atoms with Crippen molar-refractivity contribution < 1.29 is 4.39 Å². The predicted molar refractivity (Wildman–Crippen MR) is 70.5 cm³/mol. The number of anilines is 1. The molecule has 18 heavy (non-hydrogen) atoms. The van der Waals surface area contributed by atoms with Gasteiger partial charge in [-0.2, -0.15) is 0 Å². The monoisotopic (exact) mass is 241 g/mol. The maximum Gasteiger partial charge on any atom is 0.132 e. The molecule has 0 atom stereocenters. The molecule has 0 radical (unpaired) electrons. The number of halogens is 1. The van der Waals surface area contributed by atoms with Gasteiger partial charge in [-0.25, -0.2) is 4.39 Å². The van der Waals surface area contributed by atoms with Crippen molar-refractivity contribution in [1.82, 2.24) is 9.55 Å². The third-order valence-corrected chi connectivity index (χ3v) is 3.08. The Morgan fingerprint density at radius 2 is 2.06 bits per heavy atom. The summed E-state index contributed by atoms with van der Waals surface area (Å²) >= 11 is 0. The molecule has 0 aliphatic heterocycles. The summed E-state index contributed by atoms with van der Waals surface area (Å²) in [6, 6.07) is 10.4. The molecule has 3 aromatic rings. The average molecular weight is 241 g/mol. The molecule has 2 aromatic heterocycles. The molecule has 0 spiro atoms. The van der Waals surface area contributed by atoms with E-state index in [0.717, 1.165) is 16.9 Å². The normalized spacial score (nSPS) is 11.0. The second-order valence-electron chi connectivity index (χ2n) is 4.24. The summed E-state index contributed by atoms with van der Waals surface area (Å²) in [7, 11) is 1.89. The molecule has 0 fully saturated rings. The van der Waals surface area contributed by atoms with Gasteiger partial charge in [0.1, 0.15) is 5.82 Å². The Morgan fingerprint density at radius 3 is 2.78 bits per heavy atom. The molecule has 0 unspecified atom stereocenters. The van der Waals surface area contributed by atoms with Gasteiger partial charge in [-0.15, -0.1) is 0 Å². The molecule has 2 N–H and O–H groups in total. The van der Waals surface area contributed by atoms with E-state index in [2.05, 4.69) is 4.98 Å². The topological polar surface area (TPSA) is 43.8 Å². The lowest BCUT2D eigenvalue weighted by atomic mass is 10.2. The van der Waals surface area contributed by atoms with E-state index in [1.54, 1.807) is 30.5 Å². The summed E-state index contributed by atoms with van der Waals surface area (Å²) in [5, 5.41) is 0.597. The largest absolute Gasteiger partial charge is 0.399 e. The highest BCUT2D eigenvalue weighted by Crippen LogP contribution is 2.28. The Hall–Kier alpha value is -2.36. The van der Waals surface area contributed by atoms with Crippen molar-refractivity contribution in [2.45, 2.75) is 0 Å². The van der Waals surface area contributed by atoms with Crippen LogP contribution < -0.4 is 5.73 Å². The first-order valence-electron chi connectivity index (χ1n) is 5.62. The predicted octanol–water partition coefficient (Wildman–Crippen LogP) is 2.96. The Balaban J connectivity index is 2.30. The molecule has 0 bridgehead atoms. The van der Waals surface area contributed by atoms with Crippen LogP contribution in [0.4, 0.5) is 10.1 Å². The summed E-state index contributed by atoms with van der Waals surface area (Å²) in [4.78, 5) is 4.27. The first kappa shape index (κ1) is 10.8. The molecular formula is C14H12FN3. The summed E-state index contributed by atoms with van der Waals surface area (Å²) in [5.74, 6) is -0.224. The van der Waals surface area contributed by atoms with E-state index in [9.17, 15) is 4.39 Å². The maximum atomic E-state index is 13.7. The van der Waals surface area contributed by atoms with Crippen LogP contribution in [0.25, 0.3) is 22.3 Å². The smallest absolute Gasteiger partial charge is 0.132 e. The van der Waals surface area contributed by atoms with Crippen LogP contribution in [0.5, 0.6) is 0 Å². The van der Waals surface area contributed by atoms with Crippen molar-refractivity contribution >= 4 is 16.6 Å². The second-order valence-corrected chi connectivity index (χ2v) is 4.24. The molecule has 1 aromatic carbocycles. The average Bonchev–Trinajstić information content (AvgIpc) is 2.69. The number of hydrogen-bond donors (Lipinski definition) is 1. The number of benzene rings is 1. The van der Waals surface area contributed by atoms with Crippen molar-refractivity contribution in [3.8, 4) is 11.4 Å². The summed E-state index contributed by atoms with van der Waals surface area (Å²) in [6.45, 7) is 0. The summed E-state index contributed by atoms with van der Waals surface area (Å²) in [6.07, 6.45) is 1.65. The van der Waals surface area contributed by atoms with Gasteiger partial charge in [-0.05, 0) is 30.3 Å². The molecule has 0 aliphatic carbocycles. The van der Waals surface area contributed by atoms with Crippen LogP contribution in [-0.2, 0) is 7.05 Å². The molecule has 4 heteroatoms. The van der Waals surface area contributed by atoms with E-state index < -0.39 is 0 Å². The van der Waals surface area contributed by atoms with Gasteiger partial charge >= 0.3 is 0 Å². The zero-order valence-electron chi connectivity index (χ0n) is 9.89. The highest BCUT2D eigenvalue weighted by molar-refractivity contribution is 5.87. The van der Waals surface area contributed by atoms with Gasteiger partial charge in [0.15, 0.2) is 0 Å². The van der Waals surface area contributed by atoms with Crippen molar-refractivity contribution in [1.29, 1.82) is 0 Å². The number of aryl methyl sites for hydroxylation is 1. The quantitative estimate of drug-likeness (QED) is 0.711. The molecular weight excluding hydrogens is 229 g/mol. The van der Waals surface area contributed by atoms with Crippen molar-refractivity contribution in [2.24, 2.45) is 7.05 Å². The lowest BCUT2D eigenvalue weighted by Crippen LogP contribution is -1.94. The van der Waals surface area contributed by atoms with Crippen molar-refractivity contribution in [3.63, 3.8) is 0 Å². The van der Waals surface area contributed by atoms with Crippen LogP contribution in [0.2, 0.25) is 0 Å². The summed E-state index contributed by atoms with van der Waals surface area (Å²) < 4.78 is 15.6. The third kappa shape index (κ3) is 1.54. The Labute approximate surface area is 104 Å². The molecule has 2 heterocycles. The van der Waals surface area contributed by atoms with Crippen LogP contribution in [0.3, 0.4) is 0 Å². The SMILES string of the molecule is Cn1c(-c2cc(N)ccn2)cc2c(F)cccc21. The Kier molecular flexibility index (Phi) is 2.30. The first-order chi connectivity index (χ1) is 8.66. The molecule has 3 nitrogen and oxygen atoms in total. The Bertz CT molecular complexity index is 731. The maximum absolute atomic E-state index is 13.7. The number of nitrogen functional groups attached to an aromatic ring is 1. The lowest BCUT2D eigenvalue weighted by Gasteiger charge is -2.04. The minimum Gasteiger partial charge on any atom is -0.399 e. The van der Waals surface area contributed by atoms with Crippen molar-refractivity contribution in [3.05, 3.63) is 48.4 Å². The molecule has 90 valence electrons. The molecule has 0 saturated carbocycles. The fourth-order valence-corrected chi connectivity index (χ4v) is 2.16. The fourth-order valence-electron chi connectivity index (χ4n) is 2.16. The number of fused-ring (bicyclic) bond motifs is 1. The van der Waals surface area contributed by atoms with Gasteiger partial charge in [-0.3, -0.25) is 4.98 Å². The molecule has 0 saturated heterocycles. The van der Waals surface area contributed by atoms with Crippen LogP contribution in [-0.4, -0.2) is 9.55 Å². The van der Waals surface area contributed by atoms with E-state index in [-0.39, 0.29) is 5.82 Å². The van der Waals surface area contributed by atoms with Gasteiger partial charge in [0, 0.05) is 24.3 Å². The van der Waals surface area contributed by atoms with E-state index in [1.165, 1.54) is 6.07 Å². The highest BCUT2D eigenvalue weighted by atomic mass is 19.1. The summed E-state index contributed by atoms with van der Waals surface area (Å²) in [5.41, 5.74) is 8.83. The van der Waals surface area contributed by atoms with Gasteiger partial charge < -0.3 is 10.3 Å². The van der Waals surface area contributed by atoms with E-state index in [1.807, 2.05) is 17.7 Å². The van der Waals surface area contributed by atoms with Crippen molar-refractivity contribution in [2.75, 3.05) is 5.73 Å². The van der Waals surface area contributed by atoms with Crippen LogP contribution in [0.15, 0.2) is 42.6 Å². The minimum atomic E-state index is -0.224. The van der Waals surface area contributed by atoms with Gasteiger partial charge in [-0.1, -0.05) is 6.07 Å². The molecule has 0 amide bonds. The number of hydrogen-bond acceptors (Lipinski definition) is 2.